The van der Waals surface area contributed by atoms with Crippen molar-refractivity contribution in [2.75, 3.05) is 18.4 Å². The van der Waals surface area contributed by atoms with E-state index in [1.165, 1.54) is 35.8 Å². The molecule has 1 heterocycles. The van der Waals surface area contributed by atoms with E-state index in [1.807, 2.05) is 24.3 Å². The number of anilines is 1. The molecule has 1 aromatic rings. The summed E-state index contributed by atoms with van der Waals surface area (Å²) in [7, 11) is 0. The van der Waals surface area contributed by atoms with Crippen molar-refractivity contribution in [2.45, 2.75) is 39.0 Å². The first-order chi connectivity index (χ1) is 10.2. The summed E-state index contributed by atoms with van der Waals surface area (Å²) in [5.41, 5.74) is 2.04. The van der Waals surface area contributed by atoms with Gasteiger partial charge >= 0.3 is 6.03 Å². The maximum absolute atomic E-state index is 13.2. The van der Waals surface area contributed by atoms with E-state index in [1.54, 1.807) is 0 Å². The van der Waals surface area contributed by atoms with Gasteiger partial charge < -0.3 is 10.2 Å². The highest BCUT2D eigenvalue weighted by Gasteiger charge is 2.17. The maximum Gasteiger partial charge on any atom is 0.322 e. The lowest BCUT2D eigenvalue weighted by molar-refractivity contribution is 0.210. The van der Waals surface area contributed by atoms with Crippen molar-refractivity contribution in [3.63, 3.8) is 0 Å². The number of nitrogens with one attached hydrogen (secondary N) is 1. The van der Waals surface area contributed by atoms with E-state index >= 15 is 0 Å². The van der Waals surface area contributed by atoms with Crippen LogP contribution in [0.5, 0.6) is 0 Å². The monoisotopic (exact) mass is 290 g/mol. The van der Waals surface area contributed by atoms with Crippen molar-refractivity contribution < 1.29 is 9.18 Å². The van der Waals surface area contributed by atoms with E-state index in [4.69, 9.17) is 0 Å². The van der Waals surface area contributed by atoms with Crippen molar-refractivity contribution in [3.8, 4) is 0 Å². The predicted molar refractivity (Wildman–Crippen MR) is 84.1 cm³/mol. The first-order valence-corrected chi connectivity index (χ1v) is 7.68. The van der Waals surface area contributed by atoms with Crippen LogP contribution in [0.4, 0.5) is 14.9 Å². The van der Waals surface area contributed by atoms with Gasteiger partial charge in [-0.3, -0.25) is 0 Å². The molecule has 0 atom stereocenters. The van der Waals surface area contributed by atoms with Gasteiger partial charge in [-0.1, -0.05) is 31.9 Å². The van der Waals surface area contributed by atoms with Gasteiger partial charge in [-0.25, -0.2) is 9.18 Å². The normalized spacial score (nSPS) is 14.8. The number of hydrogen-bond donors (Lipinski definition) is 1. The van der Waals surface area contributed by atoms with Gasteiger partial charge in [0.25, 0.3) is 0 Å². The molecule has 3 nitrogen and oxygen atoms in total. The Morgan fingerprint density at radius 1 is 1.29 bits per heavy atom. The van der Waals surface area contributed by atoms with Gasteiger partial charge in [0.1, 0.15) is 5.83 Å². The molecule has 0 bridgehead atoms. The molecule has 2 rings (SSSR count). The number of nitrogens with zero attached hydrogens (tertiary/aromatic N) is 1. The number of rotatable bonds is 5. The number of carbonyl (C=O) groups excluding carboxylic acids is 1. The molecule has 1 aromatic carbocycles. The lowest BCUT2D eigenvalue weighted by atomic mass is 10.1. The summed E-state index contributed by atoms with van der Waals surface area (Å²) < 4.78 is 13.2. The summed E-state index contributed by atoms with van der Waals surface area (Å²) >= 11 is 0. The van der Waals surface area contributed by atoms with Gasteiger partial charge in [0.05, 0.1) is 6.54 Å². The Labute approximate surface area is 125 Å². The molecule has 0 aromatic heterocycles. The Bertz CT molecular complexity index is 496. The summed E-state index contributed by atoms with van der Waals surface area (Å²) in [5.74, 6) is -0.234. The number of unbranched alkanes of at least 4 members (excludes halogenated alkanes) is 2. The fourth-order valence-electron chi connectivity index (χ4n) is 2.41. The Morgan fingerprint density at radius 3 is 2.71 bits per heavy atom. The second-order valence-electron chi connectivity index (χ2n) is 5.45. The third-order valence-corrected chi connectivity index (χ3v) is 3.67. The Kier molecular flexibility index (Phi) is 5.78. The topological polar surface area (TPSA) is 32.3 Å². The first-order valence-electron chi connectivity index (χ1n) is 7.68. The number of hydrogen-bond acceptors (Lipinski definition) is 1. The van der Waals surface area contributed by atoms with E-state index in [0.717, 1.165) is 12.1 Å². The SMILES string of the molecule is CCCCCc1ccc(NC(=O)N2CCC=C(F)C2)cc1. The van der Waals surface area contributed by atoms with E-state index in [2.05, 4.69) is 12.2 Å². The molecule has 1 aliphatic rings. The van der Waals surface area contributed by atoms with Crippen LogP contribution < -0.4 is 5.32 Å². The molecule has 0 saturated heterocycles. The number of halogens is 1. The van der Waals surface area contributed by atoms with Crippen LogP contribution in [-0.4, -0.2) is 24.0 Å². The zero-order chi connectivity index (χ0) is 15.1. The largest absolute Gasteiger partial charge is 0.322 e. The molecule has 21 heavy (non-hydrogen) atoms. The third-order valence-electron chi connectivity index (χ3n) is 3.67. The molecule has 0 unspecified atom stereocenters. The Morgan fingerprint density at radius 2 is 2.05 bits per heavy atom. The Balaban J connectivity index is 1.85. The number of benzene rings is 1. The summed E-state index contributed by atoms with van der Waals surface area (Å²) in [6.45, 7) is 2.83. The Hall–Kier alpha value is -1.84. The lowest BCUT2D eigenvalue weighted by Gasteiger charge is -2.24. The molecule has 0 fully saturated rings. The predicted octanol–water partition coefficient (Wildman–Crippen LogP) is 4.51. The third kappa shape index (κ3) is 4.88. The van der Waals surface area contributed by atoms with E-state index in [-0.39, 0.29) is 18.4 Å². The molecular formula is C17H23FN2O. The zero-order valence-corrected chi connectivity index (χ0v) is 12.6. The number of aryl methyl sites for hydroxylation is 1. The van der Waals surface area contributed by atoms with Crippen LogP contribution in [0.15, 0.2) is 36.2 Å². The molecule has 0 saturated carbocycles. The fraction of sp³-hybridized carbons (Fsp3) is 0.471. The molecule has 0 spiro atoms. The zero-order valence-electron chi connectivity index (χ0n) is 12.6. The minimum atomic E-state index is -0.239. The number of amides is 2. The summed E-state index contributed by atoms with van der Waals surface area (Å²) in [4.78, 5) is 13.5. The van der Waals surface area contributed by atoms with Gasteiger partial charge in [0.15, 0.2) is 0 Å². The second kappa shape index (κ2) is 7.81. The van der Waals surface area contributed by atoms with E-state index in [9.17, 15) is 9.18 Å². The van der Waals surface area contributed by atoms with Crippen LogP contribution >= 0.6 is 0 Å². The molecule has 114 valence electrons. The molecule has 0 aliphatic carbocycles. The molecule has 4 heteroatoms. The van der Waals surface area contributed by atoms with E-state index < -0.39 is 0 Å². The van der Waals surface area contributed by atoms with Crippen molar-refractivity contribution >= 4 is 11.7 Å². The van der Waals surface area contributed by atoms with Crippen LogP contribution in [0.3, 0.4) is 0 Å². The molecule has 1 N–H and O–H groups in total. The fourth-order valence-corrected chi connectivity index (χ4v) is 2.41. The second-order valence-corrected chi connectivity index (χ2v) is 5.45. The average molecular weight is 290 g/mol. The van der Waals surface area contributed by atoms with Crippen LogP contribution in [-0.2, 0) is 6.42 Å². The highest BCUT2D eigenvalue weighted by atomic mass is 19.1. The van der Waals surface area contributed by atoms with Gasteiger partial charge in [-0.2, -0.15) is 0 Å². The van der Waals surface area contributed by atoms with Gasteiger partial charge in [0, 0.05) is 12.2 Å². The summed E-state index contributed by atoms with van der Waals surface area (Å²) in [5, 5.41) is 2.82. The first kappa shape index (κ1) is 15.5. The minimum absolute atomic E-state index is 0.0704. The quantitative estimate of drug-likeness (QED) is 0.795. The van der Waals surface area contributed by atoms with Crippen molar-refractivity contribution in [1.29, 1.82) is 0 Å². The molecule has 2 amide bonds. The summed E-state index contributed by atoms with van der Waals surface area (Å²) in [6, 6.07) is 7.67. The van der Waals surface area contributed by atoms with Crippen LogP contribution in [0.25, 0.3) is 0 Å². The van der Waals surface area contributed by atoms with Gasteiger partial charge in [-0.15, -0.1) is 0 Å². The van der Waals surface area contributed by atoms with Crippen LogP contribution in [0, 0.1) is 0 Å². The van der Waals surface area contributed by atoms with Crippen LogP contribution in [0.2, 0.25) is 0 Å². The smallest absolute Gasteiger partial charge is 0.318 e. The van der Waals surface area contributed by atoms with Crippen molar-refractivity contribution in [1.82, 2.24) is 4.90 Å². The number of carbonyl (C=O) groups is 1. The van der Waals surface area contributed by atoms with E-state index in [0.29, 0.717) is 13.0 Å². The minimum Gasteiger partial charge on any atom is -0.318 e. The lowest BCUT2D eigenvalue weighted by Crippen LogP contribution is -2.38. The standard InChI is InChI=1S/C17H23FN2O/c1-2-3-4-6-14-8-10-16(11-9-14)19-17(21)20-12-5-7-15(18)13-20/h7-11H,2-6,12-13H2,1H3,(H,19,21). The van der Waals surface area contributed by atoms with Gasteiger partial charge in [-0.05, 0) is 43.0 Å². The molecule has 0 radical (unpaired) electrons. The van der Waals surface area contributed by atoms with Crippen molar-refractivity contribution in [2.24, 2.45) is 0 Å². The highest BCUT2D eigenvalue weighted by Crippen LogP contribution is 2.15. The molecular weight excluding hydrogens is 267 g/mol. The van der Waals surface area contributed by atoms with Crippen molar-refractivity contribution in [3.05, 3.63) is 41.7 Å². The maximum atomic E-state index is 13.2. The number of urea groups is 1. The average Bonchev–Trinajstić information content (AvgIpc) is 2.49. The molecule has 1 aliphatic heterocycles. The van der Waals surface area contributed by atoms with Gasteiger partial charge in [0.2, 0.25) is 0 Å². The summed E-state index contributed by atoms with van der Waals surface area (Å²) in [6.07, 6.45) is 6.85. The highest BCUT2D eigenvalue weighted by molar-refractivity contribution is 5.89. The van der Waals surface area contributed by atoms with Crippen LogP contribution in [0.1, 0.15) is 38.2 Å².